The van der Waals surface area contributed by atoms with Gasteiger partial charge in [-0.1, -0.05) is 36.4 Å². The molecule has 0 radical (unpaired) electrons. The first-order chi connectivity index (χ1) is 12.8. The quantitative estimate of drug-likeness (QED) is 0.858. The summed E-state index contributed by atoms with van der Waals surface area (Å²) in [6.07, 6.45) is 4.03. The molecule has 2 aromatic rings. The second-order valence-electron chi connectivity index (χ2n) is 7.27. The summed E-state index contributed by atoms with van der Waals surface area (Å²) in [6, 6.07) is 13.7. The Labute approximate surface area is 161 Å². The minimum Gasteiger partial charge on any atom is -0.348 e. The molecule has 0 unspecified atom stereocenters. The molecular weight excluding hydrogens is 360 g/mol. The molecule has 0 aliphatic heterocycles. The second-order valence-corrected chi connectivity index (χ2v) is 9.18. The maximum absolute atomic E-state index is 12.7. The molecule has 0 aromatic heterocycles. The van der Waals surface area contributed by atoms with Gasteiger partial charge in [0.15, 0.2) is 0 Å². The highest BCUT2D eigenvalue weighted by Gasteiger charge is 2.26. The number of fused-ring (bicyclic) bond motifs is 1. The highest BCUT2D eigenvalue weighted by atomic mass is 32.2. The van der Waals surface area contributed by atoms with E-state index in [-0.39, 0.29) is 18.5 Å². The molecule has 0 spiro atoms. The zero-order chi connectivity index (χ0) is 19.6. The fraction of sp³-hybridized carbons (Fsp3) is 0.381. The van der Waals surface area contributed by atoms with E-state index in [2.05, 4.69) is 11.4 Å². The van der Waals surface area contributed by atoms with Gasteiger partial charge < -0.3 is 5.32 Å². The summed E-state index contributed by atoms with van der Waals surface area (Å²) in [7, 11) is -3.58. The van der Waals surface area contributed by atoms with Gasteiger partial charge >= 0.3 is 0 Å². The summed E-state index contributed by atoms with van der Waals surface area (Å²) in [5, 5.41) is 3.04. The number of anilines is 1. The average molecular weight is 387 g/mol. The average Bonchev–Trinajstić information content (AvgIpc) is 2.61. The van der Waals surface area contributed by atoms with Crippen LogP contribution in [-0.2, 0) is 21.2 Å². The van der Waals surface area contributed by atoms with Crippen LogP contribution in [0, 0.1) is 13.8 Å². The number of hydrogen-bond acceptors (Lipinski definition) is 3. The van der Waals surface area contributed by atoms with Gasteiger partial charge in [0.1, 0.15) is 6.54 Å². The van der Waals surface area contributed by atoms with E-state index in [0.717, 1.165) is 42.2 Å². The Balaban J connectivity index is 1.81. The lowest BCUT2D eigenvalue weighted by molar-refractivity contribution is -0.120. The third kappa shape index (κ3) is 4.50. The number of nitrogens with zero attached hydrogens (tertiary/aromatic N) is 1. The zero-order valence-electron chi connectivity index (χ0n) is 16.0. The molecule has 1 aliphatic rings. The van der Waals surface area contributed by atoms with Gasteiger partial charge in [-0.2, -0.15) is 0 Å². The number of rotatable bonds is 5. The van der Waals surface area contributed by atoms with E-state index in [9.17, 15) is 13.2 Å². The molecule has 27 heavy (non-hydrogen) atoms. The summed E-state index contributed by atoms with van der Waals surface area (Å²) in [4.78, 5) is 12.7. The Morgan fingerprint density at radius 3 is 2.67 bits per heavy atom. The first kappa shape index (κ1) is 19.4. The predicted molar refractivity (Wildman–Crippen MR) is 108 cm³/mol. The van der Waals surface area contributed by atoms with Crippen LogP contribution in [0.25, 0.3) is 0 Å². The van der Waals surface area contributed by atoms with Gasteiger partial charge in [-0.05, 0) is 61.4 Å². The van der Waals surface area contributed by atoms with Crippen LogP contribution in [0.2, 0.25) is 0 Å². The lowest BCUT2D eigenvalue weighted by Gasteiger charge is -2.28. The van der Waals surface area contributed by atoms with Crippen LogP contribution in [0.3, 0.4) is 0 Å². The smallest absolute Gasteiger partial charge is 0.241 e. The fourth-order valence-corrected chi connectivity index (χ4v) is 4.55. The van der Waals surface area contributed by atoms with Gasteiger partial charge in [-0.15, -0.1) is 0 Å². The molecule has 2 aromatic carbocycles. The van der Waals surface area contributed by atoms with Crippen molar-refractivity contribution < 1.29 is 13.2 Å². The third-order valence-electron chi connectivity index (χ3n) is 5.03. The molecule has 0 fully saturated rings. The fourth-order valence-electron chi connectivity index (χ4n) is 3.64. The molecule has 1 amide bonds. The van der Waals surface area contributed by atoms with Crippen LogP contribution in [-0.4, -0.2) is 27.1 Å². The highest BCUT2D eigenvalue weighted by molar-refractivity contribution is 7.92. The molecule has 144 valence electrons. The van der Waals surface area contributed by atoms with E-state index in [1.54, 1.807) is 6.07 Å². The highest BCUT2D eigenvalue weighted by Crippen LogP contribution is 2.29. The maximum atomic E-state index is 12.7. The molecular formula is C21H26N2O3S. The molecule has 3 rings (SSSR count). The Hall–Kier alpha value is -2.34. The van der Waals surface area contributed by atoms with Crippen LogP contribution < -0.4 is 9.62 Å². The van der Waals surface area contributed by atoms with E-state index >= 15 is 0 Å². The van der Waals surface area contributed by atoms with Crippen molar-refractivity contribution in [1.82, 2.24) is 5.32 Å². The number of carbonyl (C=O) groups is 1. The summed E-state index contributed by atoms with van der Waals surface area (Å²) in [6.45, 7) is 3.53. The van der Waals surface area contributed by atoms with Crippen molar-refractivity contribution in [2.75, 3.05) is 17.1 Å². The maximum Gasteiger partial charge on any atom is 0.241 e. The van der Waals surface area contributed by atoms with Crippen LogP contribution in [0.5, 0.6) is 0 Å². The molecule has 6 heteroatoms. The van der Waals surface area contributed by atoms with E-state index in [4.69, 9.17) is 0 Å². The van der Waals surface area contributed by atoms with Crippen molar-refractivity contribution in [2.24, 2.45) is 0 Å². The number of amides is 1. The van der Waals surface area contributed by atoms with E-state index in [1.807, 2.05) is 44.2 Å². The second kappa shape index (κ2) is 7.72. The van der Waals surface area contributed by atoms with Crippen molar-refractivity contribution in [1.29, 1.82) is 0 Å². The van der Waals surface area contributed by atoms with Crippen molar-refractivity contribution in [3.05, 3.63) is 64.7 Å². The normalized spacial score (nSPS) is 16.5. The van der Waals surface area contributed by atoms with Gasteiger partial charge in [0.05, 0.1) is 18.0 Å². The number of carbonyl (C=O) groups excluding carboxylic acids is 1. The standard InChI is InChI=1S/C21H26N2O3S/c1-15-11-12-16(2)20(13-15)23(27(3,25)26)14-21(24)22-19-10-6-8-17-7-4-5-9-18(17)19/h4-5,7,9,11-13,19H,6,8,10,14H2,1-3H3,(H,22,24)/t19-/m0/s1. The Kier molecular flexibility index (Phi) is 5.56. The number of benzene rings is 2. The number of nitrogens with one attached hydrogen (secondary N) is 1. The Bertz CT molecular complexity index is 954. The summed E-state index contributed by atoms with van der Waals surface area (Å²) in [5.41, 5.74) is 4.71. The molecule has 0 bridgehead atoms. The zero-order valence-corrected chi connectivity index (χ0v) is 16.8. The first-order valence-electron chi connectivity index (χ1n) is 9.18. The molecule has 1 atom stereocenters. The molecule has 0 saturated carbocycles. The van der Waals surface area contributed by atoms with E-state index in [0.29, 0.717) is 5.69 Å². The monoisotopic (exact) mass is 386 g/mol. The largest absolute Gasteiger partial charge is 0.348 e. The van der Waals surface area contributed by atoms with Crippen LogP contribution in [0.1, 0.15) is 41.1 Å². The molecule has 0 heterocycles. The number of hydrogen-bond donors (Lipinski definition) is 1. The van der Waals surface area contributed by atoms with Crippen molar-refractivity contribution in [2.45, 2.75) is 39.2 Å². The molecule has 1 aliphatic carbocycles. The SMILES string of the molecule is Cc1ccc(C)c(N(CC(=O)N[C@H]2CCCc3ccccc32)S(C)(=O)=O)c1. The summed E-state index contributed by atoms with van der Waals surface area (Å²) >= 11 is 0. The van der Waals surface area contributed by atoms with Gasteiger partial charge in [-0.25, -0.2) is 8.42 Å². The summed E-state index contributed by atoms with van der Waals surface area (Å²) in [5.74, 6) is -0.289. The Morgan fingerprint density at radius 1 is 1.19 bits per heavy atom. The van der Waals surface area contributed by atoms with Crippen LogP contribution >= 0.6 is 0 Å². The summed E-state index contributed by atoms with van der Waals surface area (Å²) < 4.78 is 25.9. The van der Waals surface area contributed by atoms with Gasteiger partial charge in [0.25, 0.3) is 0 Å². The van der Waals surface area contributed by atoms with Crippen molar-refractivity contribution in [3.63, 3.8) is 0 Å². The van der Waals surface area contributed by atoms with Crippen LogP contribution in [0.15, 0.2) is 42.5 Å². The number of sulfonamides is 1. The number of aryl methyl sites for hydroxylation is 3. The lowest BCUT2D eigenvalue weighted by atomic mass is 9.88. The first-order valence-corrected chi connectivity index (χ1v) is 11.0. The lowest BCUT2D eigenvalue weighted by Crippen LogP contribution is -2.42. The van der Waals surface area contributed by atoms with Crippen molar-refractivity contribution in [3.8, 4) is 0 Å². The molecule has 5 nitrogen and oxygen atoms in total. The van der Waals surface area contributed by atoms with Crippen molar-refractivity contribution >= 4 is 21.6 Å². The predicted octanol–water partition coefficient (Wildman–Crippen LogP) is 3.26. The molecule has 1 N–H and O–H groups in total. The third-order valence-corrected chi connectivity index (χ3v) is 6.15. The topological polar surface area (TPSA) is 66.5 Å². The van der Waals surface area contributed by atoms with Crippen LogP contribution in [0.4, 0.5) is 5.69 Å². The van der Waals surface area contributed by atoms with E-state index < -0.39 is 10.0 Å². The van der Waals surface area contributed by atoms with Gasteiger partial charge in [0, 0.05) is 0 Å². The minimum absolute atomic E-state index is 0.0672. The molecule has 0 saturated heterocycles. The van der Waals surface area contributed by atoms with Gasteiger partial charge in [0.2, 0.25) is 15.9 Å². The van der Waals surface area contributed by atoms with E-state index in [1.165, 1.54) is 9.87 Å². The Morgan fingerprint density at radius 2 is 1.93 bits per heavy atom. The minimum atomic E-state index is -3.58. The van der Waals surface area contributed by atoms with Gasteiger partial charge in [-0.3, -0.25) is 9.10 Å².